The van der Waals surface area contributed by atoms with Crippen molar-refractivity contribution in [2.45, 2.75) is 65.1 Å². The van der Waals surface area contributed by atoms with E-state index in [0.29, 0.717) is 18.1 Å². The number of hydrogen-bond acceptors (Lipinski definition) is 4. The number of carbonyl (C=O) groups excluding carboxylic acids is 1. The summed E-state index contributed by atoms with van der Waals surface area (Å²) >= 11 is 0. The quantitative estimate of drug-likeness (QED) is 0.892. The minimum Gasteiger partial charge on any atom is -0.480 e. The normalized spacial score (nSPS) is 16.9. The van der Waals surface area contributed by atoms with Crippen LogP contribution in [0.2, 0.25) is 0 Å². The zero-order valence-corrected chi connectivity index (χ0v) is 16.3. The van der Waals surface area contributed by atoms with Crippen LogP contribution in [0.25, 0.3) is 0 Å². The van der Waals surface area contributed by atoms with Gasteiger partial charge in [-0.1, -0.05) is 45.0 Å². The van der Waals surface area contributed by atoms with E-state index in [1.165, 1.54) is 10.5 Å². The summed E-state index contributed by atoms with van der Waals surface area (Å²) in [5.74, 6) is 0.126. The minimum atomic E-state index is -1.00. The number of aryl methyl sites for hydroxylation is 2. The van der Waals surface area contributed by atoms with Gasteiger partial charge in [-0.25, -0.2) is 4.79 Å². The van der Waals surface area contributed by atoms with E-state index in [2.05, 4.69) is 43.1 Å². The molecule has 1 N–H and O–H groups in total. The first kappa shape index (κ1) is 19.1. The van der Waals surface area contributed by atoms with Gasteiger partial charge in [-0.15, -0.1) is 10.2 Å². The minimum absolute atomic E-state index is 0.0882. The van der Waals surface area contributed by atoms with Crippen LogP contribution in [0.5, 0.6) is 0 Å². The van der Waals surface area contributed by atoms with Gasteiger partial charge >= 0.3 is 5.97 Å². The summed E-state index contributed by atoms with van der Waals surface area (Å²) in [6, 6.07) is 7.37. The summed E-state index contributed by atoms with van der Waals surface area (Å²) in [5.41, 5.74) is 2.40. The molecule has 0 saturated heterocycles. The number of carboxylic acid groups (broad SMARTS) is 1. The van der Waals surface area contributed by atoms with Crippen LogP contribution < -0.4 is 0 Å². The highest BCUT2D eigenvalue weighted by molar-refractivity contribution is 5.84. The van der Waals surface area contributed by atoms with Crippen LogP contribution in [0.3, 0.4) is 0 Å². The maximum atomic E-state index is 12.7. The van der Waals surface area contributed by atoms with E-state index in [1.807, 2.05) is 12.1 Å². The molecule has 0 saturated carbocycles. The maximum Gasteiger partial charge on any atom is 0.328 e. The summed E-state index contributed by atoms with van der Waals surface area (Å²) in [4.78, 5) is 25.8. The number of aliphatic carboxylic acids is 1. The van der Waals surface area contributed by atoms with Gasteiger partial charge in [0.25, 0.3) is 0 Å². The Kier molecular flexibility index (Phi) is 5.04. The Bertz CT molecular complexity index is 849. The maximum absolute atomic E-state index is 12.7. The Balaban J connectivity index is 1.68. The number of hydrogen-bond donors (Lipinski definition) is 1. The molecule has 1 atom stereocenters. The van der Waals surface area contributed by atoms with Crippen LogP contribution >= 0.6 is 0 Å². The molecule has 0 fully saturated rings. The Hall–Kier alpha value is -2.70. The lowest BCUT2D eigenvalue weighted by Crippen LogP contribution is -2.50. The van der Waals surface area contributed by atoms with Crippen molar-refractivity contribution in [1.82, 2.24) is 19.7 Å². The van der Waals surface area contributed by atoms with E-state index in [0.717, 1.165) is 5.56 Å². The second-order valence-corrected chi connectivity index (χ2v) is 8.10. The van der Waals surface area contributed by atoms with E-state index in [4.69, 9.17) is 0 Å². The zero-order valence-electron chi connectivity index (χ0n) is 16.3. The number of nitrogens with zero attached hydrogens (tertiary/aromatic N) is 4. The second-order valence-electron chi connectivity index (χ2n) is 8.10. The Morgan fingerprint density at radius 2 is 1.85 bits per heavy atom. The monoisotopic (exact) mass is 370 g/mol. The fraction of sp³-hybridized carbons (Fsp3) is 0.500. The zero-order chi connectivity index (χ0) is 19.8. The van der Waals surface area contributed by atoms with Crippen molar-refractivity contribution in [3.63, 3.8) is 0 Å². The van der Waals surface area contributed by atoms with Gasteiger partial charge in [0.1, 0.15) is 11.9 Å². The molecule has 0 bridgehead atoms. The number of rotatable bonds is 4. The SMILES string of the molecule is Cc1nnc2n1CC(C(=O)O)N(C(=O)CCc1ccc(C(C)(C)C)cc1)C2. The molecule has 7 nitrogen and oxygen atoms in total. The van der Waals surface area contributed by atoms with Crippen LogP contribution in [0.4, 0.5) is 0 Å². The molecule has 1 aromatic carbocycles. The first-order valence-corrected chi connectivity index (χ1v) is 9.17. The predicted octanol–water partition coefficient (Wildman–Crippen LogP) is 2.31. The molecule has 2 aromatic rings. The summed E-state index contributed by atoms with van der Waals surface area (Å²) < 4.78 is 1.77. The molecule has 1 unspecified atom stereocenters. The van der Waals surface area contributed by atoms with E-state index in [9.17, 15) is 14.7 Å². The molecule has 1 aromatic heterocycles. The van der Waals surface area contributed by atoms with Crippen LogP contribution in [0.1, 0.15) is 50.0 Å². The lowest BCUT2D eigenvalue weighted by Gasteiger charge is -2.33. The van der Waals surface area contributed by atoms with E-state index in [1.54, 1.807) is 11.5 Å². The van der Waals surface area contributed by atoms with E-state index in [-0.39, 0.29) is 30.8 Å². The summed E-state index contributed by atoms with van der Waals surface area (Å²) in [6.07, 6.45) is 0.851. The molecule has 0 aliphatic carbocycles. The van der Waals surface area contributed by atoms with Gasteiger partial charge in [0.15, 0.2) is 5.82 Å². The fourth-order valence-electron chi connectivity index (χ4n) is 3.35. The molecule has 0 spiro atoms. The number of fused-ring (bicyclic) bond motifs is 1. The van der Waals surface area contributed by atoms with Crippen molar-refractivity contribution in [2.24, 2.45) is 0 Å². The van der Waals surface area contributed by atoms with Gasteiger partial charge in [-0.05, 0) is 29.9 Å². The van der Waals surface area contributed by atoms with Gasteiger partial charge in [-0.3, -0.25) is 4.79 Å². The lowest BCUT2D eigenvalue weighted by atomic mass is 9.86. The third-order valence-corrected chi connectivity index (χ3v) is 5.11. The molecular formula is C20H26N4O3. The standard InChI is InChI=1S/C20H26N4O3/c1-13-21-22-17-12-24(16(19(26)27)11-23(13)17)18(25)10-7-14-5-8-15(9-6-14)20(2,3)4/h5-6,8-9,16H,7,10-12H2,1-4H3,(H,26,27). The second kappa shape index (κ2) is 7.13. The molecule has 0 radical (unpaired) electrons. The highest BCUT2D eigenvalue weighted by Crippen LogP contribution is 2.23. The third-order valence-electron chi connectivity index (χ3n) is 5.11. The van der Waals surface area contributed by atoms with Crippen molar-refractivity contribution in [2.75, 3.05) is 0 Å². The fourth-order valence-corrected chi connectivity index (χ4v) is 3.35. The summed E-state index contributed by atoms with van der Waals surface area (Å²) in [6.45, 7) is 8.64. The lowest BCUT2D eigenvalue weighted by molar-refractivity contribution is -0.152. The van der Waals surface area contributed by atoms with Gasteiger partial charge in [0.2, 0.25) is 5.91 Å². The van der Waals surface area contributed by atoms with Crippen LogP contribution in [0.15, 0.2) is 24.3 Å². The van der Waals surface area contributed by atoms with Crippen LogP contribution in [0, 0.1) is 6.92 Å². The van der Waals surface area contributed by atoms with Crippen molar-refractivity contribution >= 4 is 11.9 Å². The number of aromatic nitrogens is 3. The highest BCUT2D eigenvalue weighted by atomic mass is 16.4. The molecule has 27 heavy (non-hydrogen) atoms. The van der Waals surface area contributed by atoms with Crippen LogP contribution in [-0.2, 0) is 34.5 Å². The van der Waals surface area contributed by atoms with E-state index < -0.39 is 12.0 Å². The average molecular weight is 370 g/mol. The van der Waals surface area contributed by atoms with Gasteiger partial charge in [0, 0.05) is 6.42 Å². The van der Waals surface area contributed by atoms with Crippen molar-refractivity contribution in [3.05, 3.63) is 47.0 Å². The van der Waals surface area contributed by atoms with Gasteiger partial charge < -0.3 is 14.6 Å². The van der Waals surface area contributed by atoms with Crippen molar-refractivity contribution < 1.29 is 14.7 Å². The smallest absolute Gasteiger partial charge is 0.328 e. The number of carbonyl (C=O) groups is 2. The Labute approximate surface area is 159 Å². The first-order valence-electron chi connectivity index (χ1n) is 9.17. The number of carboxylic acids is 1. The molecule has 1 amide bonds. The van der Waals surface area contributed by atoms with Gasteiger partial charge in [0.05, 0.1) is 13.1 Å². The molecule has 2 heterocycles. The molecule has 1 aliphatic rings. The van der Waals surface area contributed by atoms with E-state index >= 15 is 0 Å². The topological polar surface area (TPSA) is 88.3 Å². The molecule has 1 aliphatic heterocycles. The number of amides is 1. The molecule has 7 heteroatoms. The third kappa shape index (κ3) is 4.02. The predicted molar refractivity (Wildman–Crippen MR) is 100 cm³/mol. The van der Waals surface area contributed by atoms with Gasteiger partial charge in [-0.2, -0.15) is 0 Å². The summed E-state index contributed by atoms with van der Waals surface area (Å²) in [7, 11) is 0. The Morgan fingerprint density at radius 3 is 2.44 bits per heavy atom. The Morgan fingerprint density at radius 1 is 1.19 bits per heavy atom. The number of benzene rings is 1. The van der Waals surface area contributed by atoms with Crippen LogP contribution in [-0.4, -0.2) is 42.7 Å². The van der Waals surface area contributed by atoms with Crippen molar-refractivity contribution in [1.29, 1.82) is 0 Å². The first-order chi connectivity index (χ1) is 12.7. The molecular weight excluding hydrogens is 344 g/mol. The molecule has 144 valence electrons. The van der Waals surface area contributed by atoms with Crippen molar-refractivity contribution in [3.8, 4) is 0 Å². The summed E-state index contributed by atoms with van der Waals surface area (Å²) in [5, 5.41) is 17.6. The average Bonchev–Trinajstić information content (AvgIpc) is 2.98. The highest BCUT2D eigenvalue weighted by Gasteiger charge is 2.36. The largest absolute Gasteiger partial charge is 0.480 e. The molecule has 3 rings (SSSR count).